The molecule has 0 fully saturated rings. The number of methoxy groups -OCH3 is 1. The van der Waals surface area contributed by atoms with Crippen LogP contribution in [-0.2, 0) is 0 Å². The third kappa shape index (κ3) is 2.54. The Morgan fingerprint density at radius 3 is 2.83 bits per heavy atom. The van der Waals surface area contributed by atoms with Crippen LogP contribution >= 0.6 is 0 Å². The fourth-order valence-electron chi connectivity index (χ4n) is 1.46. The molecule has 0 amide bonds. The molecular formula is C12H11N3O3. The molecule has 2 aromatic rings. The molecule has 0 unspecified atom stereocenters. The Hall–Kier alpha value is -2.63. The monoisotopic (exact) mass is 245 g/mol. The Bertz CT molecular complexity index is 558. The quantitative estimate of drug-likeness (QED) is 0.856. The van der Waals surface area contributed by atoms with Crippen LogP contribution in [-0.4, -0.2) is 28.2 Å². The van der Waals surface area contributed by atoms with Gasteiger partial charge in [-0.2, -0.15) is 0 Å². The maximum absolute atomic E-state index is 10.9. The summed E-state index contributed by atoms with van der Waals surface area (Å²) in [5.74, 6) is -0.114. The Kier molecular flexibility index (Phi) is 3.38. The van der Waals surface area contributed by atoms with Gasteiger partial charge in [0.2, 0.25) is 0 Å². The summed E-state index contributed by atoms with van der Waals surface area (Å²) in [6.07, 6.45) is 3.03. The number of hydrogen-bond donors (Lipinski definition) is 2. The molecule has 0 saturated carbocycles. The number of anilines is 2. The lowest BCUT2D eigenvalue weighted by atomic mass is 10.2. The van der Waals surface area contributed by atoms with Gasteiger partial charge in [-0.05, 0) is 18.2 Å². The van der Waals surface area contributed by atoms with Crippen molar-refractivity contribution in [3.05, 3.63) is 42.4 Å². The van der Waals surface area contributed by atoms with E-state index < -0.39 is 5.97 Å². The average Bonchev–Trinajstić information content (AvgIpc) is 2.39. The molecule has 0 aliphatic carbocycles. The summed E-state index contributed by atoms with van der Waals surface area (Å²) in [5, 5.41) is 12.0. The molecule has 0 atom stereocenters. The van der Waals surface area contributed by atoms with Gasteiger partial charge in [0.15, 0.2) is 0 Å². The highest BCUT2D eigenvalue weighted by Crippen LogP contribution is 2.24. The van der Waals surface area contributed by atoms with Gasteiger partial charge in [0.05, 0.1) is 7.11 Å². The minimum absolute atomic E-state index is 0.116. The standard InChI is InChI=1S/C12H11N3O3/c1-18-10-6-8(2-3-9(10)12(16)17)15-11-4-5-13-7-14-11/h2-7H,1H3,(H,16,17)(H,13,14,15). The number of carboxylic acid groups (broad SMARTS) is 1. The first-order chi connectivity index (χ1) is 8.70. The summed E-state index contributed by atoms with van der Waals surface area (Å²) in [7, 11) is 1.43. The van der Waals surface area contributed by atoms with E-state index in [-0.39, 0.29) is 5.56 Å². The van der Waals surface area contributed by atoms with E-state index in [2.05, 4.69) is 15.3 Å². The summed E-state index contributed by atoms with van der Waals surface area (Å²) in [6.45, 7) is 0. The van der Waals surface area contributed by atoms with Gasteiger partial charge in [-0.15, -0.1) is 0 Å². The van der Waals surface area contributed by atoms with E-state index >= 15 is 0 Å². The minimum atomic E-state index is -1.03. The van der Waals surface area contributed by atoms with Gasteiger partial charge >= 0.3 is 5.97 Å². The van der Waals surface area contributed by atoms with Crippen LogP contribution in [0.25, 0.3) is 0 Å². The fourth-order valence-corrected chi connectivity index (χ4v) is 1.46. The van der Waals surface area contributed by atoms with E-state index in [0.717, 1.165) is 0 Å². The average molecular weight is 245 g/mol. The second-order valence-corrected chi connectivity index (χ2v) is 3.44. The van der Waals surface area contributed by atoms with Crippen molar-refractivity contribution < 1.29 is 14.6 Å². The Balaban J connectivity index is 2.28. The number of hydrogen-bond acceptors (Lipinski definition) is 5. The summed E-state index contributed by atoms with van der Waals surface area (Å²) >= 11 is 0. The summed E-state index contributed by atoms with van der Waals surface area (Å²) in [5.41, 5.74) is 0.807. The number of carbonyl (C=O) groups is 1. The predicted molar refractivity (Wildman–Crippen MR) is 65.3 cm³/mol. The van der Waals surface area contributed by atoms with Crippen molar-refractivity contribution in [3.63, 3.8) is 0 Å². The Morgan fingerprint density at radius 2 is 2.22 bits per heavy atom. The maximum atomic E-state index is 10.9. The van der Waals surface area contributed by atoms with Crippen LogP contribution in [0.1, 0.15) is 10.4 Å². The van der Waals surface area contributed by atoms with Crippen molar-refractivity contribution in [2.24, 2.45) is 0 Å². The number of carboxylic acids is 1. The van der Waals surface area contributed by atoms with Crippen molar-refractivity contribution in [2.45, 2.75) is 0 Å². The zero-order chi connectivity index (χ0) is 13.0. The molecule has 92 valence electrons. The highest BCUT2D eigenvalue weighted by atomic mass is 16.5. The van der Waals surface area contributed by atoms with E-state index in [1.165, 1.54) is 19.5 Å². The molecule has 0 saturated heterocycles. The molecular weight excluding hydrogens is 234 g/mol. The largest absolute Gasteiger partial charge is 0.496 e. The van der Waals surface area contributed by atoms with Gasteiger partial charge in [-0.3, -0.25) is 0 Å². The number of aromatic nitrogens is 2. The van der Waals surface area contributed by atoms with E-state index in [9.17, 15) is 4.79 Å². The number of nitrogens with one attached hydrogen (secondary N) is 1. The van der Waals surface area contributed by atoms with E-state index in [0.29, 0.717) is 17.3 Å². The smallest absolute Gasteiger partial charge is 0.339 e. The molecule has 2 N–H and O–H groups in total. The van der Waals surface area contributed by atoms with Gasteiger partial charge in [-0.1, -0.05) is 0 Å². The van der Waals surface area contributed by atoms with Crippen LogP contribution in [0.15, 0.2) is 36.8 Å². The first kappa shape index (κ1) is 11.8. The number of nitrogens with zero attached hydrogens (tertiary/aromatic N) is 2. The van der Waals surface area contributed by atoms with Crippen molar-refractivity contribution in [1.29, 1.82) is 0 Å². The van der Waals surface area contributed by atoms with Crippen molar-refractivity contribution >= 4 is 17.5 Å². The van der Waals surface area contributed by atoms with E-state index in [1.54, 1.807) is 24.4 Å². The normalized spacial score (nSPS) is 9.83. The Morgan fingerprint density at radius 1 is 1.39 bits per heavy atom. The van der Waals surface area contributed by atoms with Gasteiger partial charge < -0.3 is 15.2 Å². The molecule has 0 aliphatic rings. The lowest BCUT2D eigenvalue weighted by Crippen LogP contribution is -2.01. The summed E-state index contributed by atoms with van der Waals surface area (Å²) < 4.78 is 5.03. The molecule has 2 rings (SSSR count). The third-order valence-electron chi connectivity index (χ3n) is 2.29. The second kappa shape index (κ2) is 5.13. The highest BCUT2D eigenvalue weighted by molar-refractivity contribution is 5.91. The lowest BCUT2D eigenvalue weighted by Gasteiger charge is -2.09. The van der Waals surface area contributed by atoms with Crippen molar-refractivity contribution in [1.82, 2.24) is 9.97 Å². The zero-order valence-electron chi connectivity index (χ0n) is 9.62. The van der Waals surface area contributed by atoms with Crippen LogP contribution in [0.2, 0.25) is 0 Å². The van der Waals surface area contributed by atoms with Crippen LogP contribution in [0, 0.1) is 0 Å². The molecule has 1 heterocycles. The number of rotatable bonds is 4. The third-order valence-corrected chi connectivity index (χ3v) is 2.29. The number of aromatic carboxylic acids is 1. The topological polar surface area (TPSA) is 84.3 Å². The second-order valence-electron chi connectivity index (χ2n) is 3.44. The predicted octanol–water partition coefficient (Wildman–Crippen LogP) is 1.93. The molecule has 1 aromatic carbocycles. The van der Waals surface area contributed by atoms with Crippen LogP contribution in [0.5, 0.6) is 5.75 Å². The molecule has 0 aliphatic heterocycles. The van der Waals surface area contributed by atoms with Gasteiger partial charge in [0.1, 0.15) is 23.5 Å². The van der Waals surface area contributed by atoms with Crippen molar-refractivity contribution in [3.8, 4) is 5.75 Å². The molecule has 1 aromatic heterocycles. The van der Waals surface area contributed by atoms with Gasteiger partial charge in [-0.25, -0.2) is 14.8 Å². The number of ether oxygens (including phenoxy) is 1. The van der Waals surface area contributed by atoms with E-state index in [1.807, 2.05) is 0 Å². The van der Waals surface area contributed by atoms with Gasteiger partial charge in [0, 0.05) is 18.0 Å². The molecule has 0 bridgehead atoms. The van der Waals surface area contributed by atoms with Crippen LogP contribution in [0.4, 0.5) is 11.5 Å². The maximum Gasteiger partial charge on any atom is 0.339 e. The number of benzene rings is 1. The molecule has 6 nitrogen and oxygen atoms in total. The summed E-state index contributed by atoms with van der Waals surface area (Å²) in [4.78, 5) is 18.7. The summed E-state index contributed by atoms with van der Waals surface area (Å²) in [6, 6.07) is 6.43. The lowest BCUT2D eigenvalue weighted by molar-refractivity contribution is 0.0693. The first-order valence-electron chi connectivity index (χ1n) is 5.15. The first-order valence-corrected chi connectivity index (χ1v) is 5.15. The van der Waals surface area contributed by atoms with Crippen molar-refractivity contribution in [2.75, 3.05) is 12.4 Å². The fraction of sp³-hybridized carbons (Fsp3) is 0.0833. The SMILES string of the molecule is COc1cc(Nc2ccncn2)ccc1C(=O)O. The van der Waals surface area contributed by atoms with E-state index in [4.69, 9.17) is 9.84 Å². The molecule has 0 spiro atoms. The zero-order valence-corrected chi connectivity index (χ0v) is 9.62. The highest BCUT2D eigenvalue weighted by Gasteiger charge is 2.11. The Labute approximate surface area is 103 Å². The minimum Gasteiger partial charge on any atom is -0.496 e. The molecule has 18 heavy (non-hydrogen) atoms. The molecule has 0 radical (unpaired) electrons. The van der Waals surface area contributed by atoms with Crippen LogP contribution in [0.3, 0.4) is 0 Å². The van der Waals surface area contributed by atoms with Gasteiger partial charge in [0.25, 0.3) is 0 Å². The molecule has 6 heteroatoms. The van der Waals surface area contributed by atoms with Crippen LogP contribution < -0.4 is 10.1 Å².